The maximum Gasteiger partial charge on any atom is 0.226 e. The predicted octanol–water partition coefficient (Wildman–Crippen LogP) is 1.16. The van der Waals surface area contributed by atoms with Crippen molar-refractivity contribution in [2.75, 3.05) is 6.54 Å². The number of hydrogen-bond donors (Lipinski definition) is 2. The molecular weight excluding hydrogens is 230 g/mol. The fraction of sp³-hybridized carbons (Fsp3) is 0.846. The smallest absolute Gasteiger partial charge is 0.226 e. The number of fused-ring (bicyclic) bond motifs is 1. The average Bonchev–Trinajstić information content (AvgIpc) is 3.28. The highest BCUT2D eigenvalue weighted by Crippen LogP contribution is 2.58. The number of rotatable bonds is 5. The molecule has 0 bridgehead atoms. The second-order valence-electron chi connectivity index (χ2n) is 5.89. The first kappa shape index (κ1) is 11.8. The van der Waals surface area contributed by atoms with Crippen LogP contribution in [0.15, 0.2) is 5.16 Å². The number of carbonyl (C=O) groups excluding carboxylic acids is 1. The number of amides is 1. The first-order valence-electron chi connectivity index (χ1n) is 6.99. The molecule has 0 heterocycles. The van der Waals surface area contributed by atoms with Crippen LogP contribution in [0.5, 0.6) is 0 Å². The predicted molar refractivity (Wildman–Crippen MR) is 67.1 cm³/mol. The lowest BCUT2D eigenvalue weighted by Crippen LogP contribution is -2.37. The van der Waals surface area contributed by atoms with Crippen LogP contribution in [0.4, 0.5) is 0 Å². The van der Waals surface area contributed by atoms with Crippen molar-refractivity contribution in [1.29, 1.82) is 0 Å². The summed E-state index contributed by atoms with van der Waals surface area (Å²) in [7, 11) is 0. The number of nitrogens with two attached hydrogens (primary N) is 1. The molecule has 3 aliphatic rings. The molecule has 3 aliphatic carbocycles. The van der Waals surface area contributed by atoms with Crippen molar-refractivity contribution in [2.24, 2.45) is 28.6 Å². The molecule has 5 heteroatoms. The van der Waals surface area contributed by atoms with Crippen LogP contribution in [0.25, 0.3) is 0 Å². The minimum atomic E-state index is 0.212. The van der Waals surface area contributed by atoms with Gasteiger partial charge in [-0.3, -0.25) is 4.79 Å². The van der Waals surface area contributed by atoms with Crippen molar-refractivity contribution >= 4 is 11.7 Å². The van der Waals surface area contributed by atoms with Crippen molar-refractivity contribution < 1.29 is 10.0 Å². The molecule has 0 aromatic heterocycles. The molecule has 3 fully saturated rings. The molecule has 0 aromatic rings. The van der Waals surface area contributed by atoms with Gasteiger partial charge in [0.25, 0.3) is 0 Å². The minimum absolute atomic E-state index is 0.212. The molecule has 0 spiro atoms. The monoisotopic (exact) mass is 251 g/mol. The van der Waals surface area contributed by atoms with Gasteiger partial charge in [0.1, 0.15) is 5.84 Å². The van der Waals surface area contributed by atoms with Gasteiger partial charge in [-0.15, -0.1) is 0 Å². The molecule has 18 heavy (non-hydrogen) atoms. The second kappa shape index (κ2) is 4.44. The van der Waals surface area contributed by atoms with Gasteiger partial charge in [-0.2, -0.15) is 0 Å². The molecule has 100 valence electrons. The van der Waals surface area contributed by atoms with Gasteiger partial charge in [-0.1, -0.05) is 11.6 Å². The summed E-state index contributed by atoms with van der Waals surface area (Å²) in [6, 6.07) is 0.422. The van der Waals surface area contributed by atoms with Gasteiger partial charge in [0.15, 0.2) is 0 Å². The van der Waals surface area contributed by atoms with Crippen LogP contribution in [0.1, 0.15) is 38.5 Å². The minimum Gasteiger partial charge on any atom is -0.409 e. The summed E-state index contributed by atoms with van der Waals surface area (Å²) in [6.07, 6.45) is 6.47. The van der Waals surface area contributed by atoms with Crippen molar-refractivity contribution in [3.63, 3.8) is 0 Å². The van der Waals surface area contributed by atoms with E-state index in [0.29, 0.717) is 42.7 Å². The van der Waals surface area contributed by atoms with Gasteiger partial charge in [0.05, 0.1) is 0 Å². The fourth-order valence-electron chi connectivity index (χ4n) is 3.52. The van der Waals surface area contributed by atoms with E-state index in [1.54, 1.807) is 0 Å². The largest absolute Gasteiger partial charge is 0.409 e. The third-order valence-electron chi connectivity index (χ3n) is 4.70. The number of carbonyl (C=O) groups is 1. The summed E-state index contributed by atoms with van der Waals surface area (Å²) in [5, 5.41) is 11.5. The average molecular weight is 251 g/mol. The summed E-state index contributed by atoms with van der Waals surface area (Å²) in [4.78, 5) is 14.5. The Kier molecular flexibility index (Phi) is 2.92. The molecule has 5 nitrogen and oxygen atoms in total. The van der Waals surface area contributed by atoms with E-state index in [9.17, 15) is 4.79 Å². The van der Waals surface area contributed by atoms with E-state index in [0.717, 1.165) is 12.8 Å². The van der Waals surface area contributed by atoms with E-state index in [4.69, 9.17) is 10.9 Å². The van der Waals surface area contributed by atoms with Crippen LogP contribution in [-0.4, -0.2) is 34.4 Å². The summed E-state index contributed by atoms with van der Waals surface area (Å²) in [6.45, 7) is 0.606. The summed E-state index contributed by atoms with van der Waals surface area (Å²) in [5.41, 5.74) is 5.49. The zero-order valence-electron chi connectivity index (χ0n) is 10.6. The Labute approximate surface area is 107 Å². The number of oxime groups is 1. The van der Waals surface area contributed by atoms with Gasteiger partial charge < -0.3 is 15.8 Å². The Morgan fingerprint density at radius 3 is 2.50 bits per heavy atom. The number of nitrogens with zero attached hydrogens (tertiary/aromatic N) is 2. The highest BCUT2D eigenvalue weighted by molar-refractivity contribution is 5.84. The van der Waals surface area contributed by atoms with Crippen molar-refractivity contribution in [2.45, 2.75) is 44.6 Å². The molecule has 3 N–H and O–H groups in total. The molecule has 2 atom stereocenters. The fourth-order valence-corrected chi connectivity index (χ4v) is 3.52. The van der Waals surface area contributed by atoms with E-state index in [2.05, 4.69) is 5.16 Å². The molecule has 0 aliphatic heterocycles. The van der Waals surface area contributed by atoms with E-state index >= 15 is 0 Å². The van der Waals surface area contributed by atoms with Gasteiger partial charge in [-0.25, -0.2) is 0 Å². The molecule has 2 unspecified atom stereocenters. The molecular formula is C13H21N3O2. The topological polar surface area (TPSA) is 78.9 Å². The van der Waals surface area contributed by atoms with Crippen molar-refractivity contribution in [1.82, 2.24) is 4.90 Å². The lowest BCUT2D eigenvalue weighted by Gasteiger charge is -2.23. The quantitative estimate of drug-likeness (QED) is 0.333. The van der Waals surface area contributed by atoms with Crippen LogP contribution < -0.4 is 5.73 Å². The Balaban J connectivity index is 1.58. The first-order chi connectivity index (χ1) is 8.72. The summed E-state index contributed by atoms with van der Waals surface area (Å²) in [5.74, 6) is 2.18. The zero-order valence-corrected chi connectivity index (χ0v) is 10.6. The standard InChI is InChI=1S/C13H21N3O2/c14-11(15-18)6-7-16(8-4-5-8)13(17)12-9-2-1-3-10(9)12/h8-10,12,18H,1-7H2,(H2,14,15). The molecule has 0 saturated heterocycles. The molecule has 0 aromatic carbocycles. The van der Waals surface area contributed by atoms with Crippen LogP contribution in [0, 0.1) is 17.8 Å². The number of amidine groups is 1. The third-order valence-corrected chi connectivity index (χ3v) is 4.70. The Morgan fingerprint density at radius 1 is 1.28 bits per heavy atom. The van der Waals surface area contributed by atoms with Crippen molar-refractivity contribution in [3.05, 3.63) is 0 Å². The van der Waals surface area contributed by atoms with E-state index < -0.39 is 0 Å². The van der Waals surface area contributed by atoms with Gasteiger partial charge in [0.2, 0.25) is 5.91 Å². The van der Waals surface area contributed by atoms with Gasteiger partial charge >= 0.3 is 0 Å². The number of hydrogen-bond acceptors (Lipinski definition) is 3. The molecule has 3 saturated carbocycles. The van der Waals surface area contributed by atoms with Crippen LogP contribution in [-0.2, 0) is 4.79 Å². The Morgan fingerprint density at radius 2 is 1.94 bits per heavy atom. The van der Waals surface area contributed by atoms with Gasteiger partial charge in [-0.05, 0) is 37.5 Å². The van der Waals surface area contributed by atoms with E-state index in [1.165, 1.54) is 19.3 Å². The van der Waals surface area contributed by atoms with Gasteiger partial charge in [0, 0.05) is 24.9 Å². The lowest BCUT2D eigenvalue weighted by molar-refractivity contribution is -0.133. The maximum absolute atomic E-state index is 12.5. The Hall–Kier alpha value is -1.26. The van der Waals surface area contributed by atoms with Crippen LogP contribution >= 0.6 is 0 Å². The highest BCUT2D eigenvalue weighted by Gasteiger charge is 2.58. The second-order valence-corrected chi connectivity index (χ2v) is 5.89. The summed E-state index contributed by atoms with van der Waals surface area (Å²) >= 11 is 0. The molecule has 3 rings (SSSR count). The summed E-state index contributed by atoms with van der Waals surface area (Å²) < 4.78 is 0. The zero-order chi connectivity index (χ0) is 12.7. The molecule has 1 amide bonds. The normalized spacial score (nSPS) is 34.2. The third kappa shape index (κ3) is 2.06. The van der Waals surface area contributed by atoms with E-state index in [1.807, 2.05) is 4.90 Å². The van der Waals surface area contributed by atoms with Crippen LogP contribution in [0.3, 0.4) is 0 Å². The highest BCUT2D eigenvalue weighted by atomic mass is 16.4. The van der Waals surface area contributed by atoms with Crippen LogP contribution in [0.2, 0.25) is 0 Å². The van der Waals surface area contributed by atoms with Crippen molar-refractivity contribution in [3.8, 4) is 0 Å². The SMILES string of the molecule is NC(CCN(C(=O)C1C2CCCC21)C1CC1)=NO. The maximum atomic E-state index is 12.5. The molecule has 0 radical (unpaired) electrons. The van der Waals surface area contributed by atoms with E-state index in [-0.39, 0.29) is 5.84 Å². The lowest BCUT2D eigenvalue weighted by atomic mass is 10.1. The Bertz CT molecular complexity index is 368. The first-order valence-corrected chi connectivity index (χ1v) is 6.99.